The van der Waals surface area contributed by atoms with E-state index in [0.29, 0.717) is 54.5 Å². The fraction of sp³-hybridized carbons (Fsp3) is 0.510. The molecule has 2 aromatic heterocycles. The average molecular weight is 955 g/mol. The molecule has 0 unspecified atom stereocenters. The van der Waals surface area contributed by atoms with Crippen molar-refractivity contribution in [2.24, 2.45) is 17.3 Å². The van der Waals surface area contributed by atoms with Crippen molar-refractivity contribution in [2.45, 2.75) is 120 Å². The van der Waals surface area contributed by atoms with E-state index >= 15 is 4.79 Å². The van der Waals surface area contributed by atoms with Gasteiger partial charge < -0.3 is 34.5 Å². The third kappa shape index (κ3) is 10.1. The number of hydrogen-bond acceptors (Lipinski definition) is 13. The monoisotopic (exact) mass is 954 g/mol. The van der Waals surface area contributed by atoms with Crippen LogP contribution in [0.25, 0.3) is 21.5 Å². The molecule has 0 radical (unpaired) electrons. The molecule has 3 N–H and O–H groups in total. The van der Waals surface area contributed by atoms with Crippen LogP contribution in [-0.4, -0.2) is 96.3 Å². The molecule has 9 rings (SSSR count). The second-order valence-electron chi connectivity index (χ2n) is 19.4. The van der Waals surface area contributed by atoms with Crippen LogP contribution in [0.4, 0.5) is 4.79 Å². The summed E-state index contributed by atoms with van der Waals surface area (Å²) in [6.07, 6.45) is 6.32. The van der Waals surface area contributed by atoms with E-state index in [2.05, 4.69) is 21.9 Å². The first-order valence-electron chi connectivity index (χ1n) is 23.2. The zero-order chi connectivity index (χ0) is 47.1. The van der Waals surface area contributed by atoms with Gasteiger partial charge in [-0.3, -0.25) is 19.1 Å². The molecular weight excluding hydrogens is 897 g/mol. The first-order chi connectivity index (χ1) is 32.1. The van der Waals surface area contributed by atoms with Gasteiger partial charge in [-0.1, -0.05) is 63.1 Å². The molecule has 67 heavy (non-hydrogen) atoms. The molecule has 5 aliphatic rings. The lowest BCUT2D eigenvalue weighted by Gasteiger charge is -2.32. The Bertz CT molecular complexity index is 2670. The Kier molecular flexibility index (Phi) is 13.0. The van der Waals surface area contributed by atoms with Gasteiger partial charge in [-0.2, -0.15) is 0 Å². The van der Waals surface area contributed by atoms with Gasteiger partial charge >= 0.3 is 6.09 Å². The molecular formula is C49H58N6O10S2. The Hall–Kier alpha value is -5.75. The molecule has 4 fully saturated rings. The molecule has 1 saturated heterocycles. The fourth-order valence-corrected chi connectivity index (χ4v) is 11.9. The third-order valence-corrected chi connectivity index (χ3v) is 16.5. The number of carbonyl (C=O) groups excluding carboxylic acids is 4. The Balaban J connectivity index is 1.07. The lowest BCUT2D eigenvalue weighted by molar-refractivity contribution is -0.142. The molecule has 4 heterocycles. The van der Waals surface area contributed by atoms with Crippen molar-refractivity contribution in [1.82, 2.24) is 30.2 Å². The van der Waals surface area contributed by atoms with Gasteiger partial charge in [-0.15, -0.1) is 17.9 Å². The van der Waals surface area contributed by atoms with E-state index in [0.717, 1.165) is 47.5 Å². The molecule has 4 amide bonds. The van der Waals surface area contributed by atoms with Crippen molar-refractivity contribution in [2.75, 3.05) is 20.3 Å². The predicted molar refractivity (Wildman–Crippen MR) is 251 cm³/mol. The molecule has 3 saturated carbocycles. The van der Waals surface area contributed by atoms with Crippen molar-refractivity contribution < 1.29 is 46.5 Å². The molecule has 2 aliphatic heterocycles. The number of carbonyl (C=O) groups is 4. The van der Waals surface area contributed by atoms with E-state index in [1.165, 1.54) is 22.3 Å². The minimum absolute atomic E-state index is 0.00846. The normalized spacial score (nSPS) is 25.6. The second kappa shape index (κ2) is 18.7. The maximum absolute atomic E-state index is 15.0. The van der Waals surface area contributed by atoms with Gasteiger partial charge in [-0.05, 0) is 74.3 Å². The number of cyclic esters (lactones) is 1. The second-order valence-corrected chi connectivity index (χ2v) is 22.2. The van der Waals surface area contributed by atoms with Crippen LogP contribution in [0.2, 0.25) is 0 Å². The van der Waals surface area contributed by atoms with Gasteiger partial charge in [0.05, 0.1) is 36.7 Å². The predicted octanol–water partition coefficient (Wildman–Crippen LogP) is 6.61. The van der Waals surface area contributed by atoms with Crippen LogP contribution < -0.4 is 29.6 Å². The zero-order valence-corrected chi connectivity index (χ0v) is 39.7. The molecule has 18 heteroatoms. The molecule has 356 valence electrons. The van der Waals surface area contributed by atoms with Gasteiger partial charge in [0.15, 0.2) is 0 Å². The number of benzene rings is 2. The summed E-state index contributed by atoms with van der Waals surface area (Å²) in [5, 5.41) is 8.58. The van der Waals surface area contributed by atoms with Crippen molar-refractivity contribution in [3.63, 3.8) is 0 Å². The minimum Gasteiger partial charge on any atom is -0.496 e. The van der Waals surface area contributed by atoms with Crippen LogP contribution >= 0.6 is 11.3 Å². The number of fused-ring (bicyclic) bond motifs is 3. The lowest BCUT2D eigenvalue weighted by Crippen LogP contribution is -2.59. The van der Waals surface area contributed by atoms with Crippen LogP contribution in [0, 0.1) is 17.3 Å². The number of alkyl carbamates (subject to hydrolysis) is 1. The van der Waals surface area contributed by atoms with Gasteiger partial charge in [0.2, 0.25) is 27.7 Å². The highest BCUT2D eigenvalue weighted by atomic mass is 32.2. The van der Waals surface area contributed by atoms with Crippen molar-refractivity contribution in [3.8, 4) is 28.0 Å². The maximum atomic E-state index is 15.0. The van der Waals surface area contributed by atoms with E-state index in [1.54, 1.807) is 13.2 Å². The fourth-order valence-electron chi connectivity index (χ4n) is 9.72. The molecule has 2 aromatic carbocycles. The standard InChI is InChI=1S/C49H58N6O10S2/c1-5-32-24-49(32,46(58)54-67(60,61)35-17-18-35)53-43(56)38-21-34-25-55(38)45(57)42(29-12-9-10-13-29)52-47(59)64-28-48(2,3)19-11-16-31-20-36-37(22-39(31)62-4)51-41(23-40(36)65-34)63-26-33-27-66-44(50-33)30-14-7-6-8-15-30/h5-8,14-15,20,22-23,27,29,32,34-35,38,42H,1,9-13,16-19,21,24-26,28H2,2-4H3,(H,52,59)(H,53,56)(H,54,58)/t32-,34-,38+,42+,49-/m1/s1. The number of thiazole rings is 1. The van der Waals surface area contributed by atoms with E-state index in [-0.39, 0.29) is 44.4 Å². The summed E-state index contributed by atoms with van der Waals surface area (Å²) in [4.78, 5) is 68.2. The minimum atomic E-state index is -3.94. The van der Waals surface area contributed by atoms with Crippen LogP contribution in [0.5, 0.6) is 17.4 Å². The highest BCUT2D eigenvalue weighted by Crippen LogP contribution is 2.46. The Labute approximate surface area is 394 Å². The van der Waals surface area contributed by atoms with Gasteiger partial charge in [-0.25, -0.2) is 23.2 Å². The summed E-state index contributed by atoms with van der Waals surface area (Å²) in [6.45, 7) is 8.08. The number of nitrogens with one attached hydrogen (secondary N) is 3. The molecule has 3 aliphatic carbocycles. The zero-order valence-electron chi connectivity index (χ0n) is 38.1. The lowest BCUT2D eigenvalue weighted by atomic mass is 9.87. The van der Waals surface area contributed by atoms with E-state index in [9.17, 15) is 22.8 Å². The number of pyridine rings is 1. The number of aromatic nitrogens is 2. The van der Waals surface area contributed by atoms with Gasteiger partial charge in [0.1, 0.15) is 46.8 Å². The van der Waals surface area contributed by atoms with E-state index in [4.69, 9.17) is 28.9 Å². The summed E-state index contributed by atoms with van der Waals surface area (Å²) in [6, 6.07) is 13.3. The summed E-state index contributed by atoms with van der Waals surface area (Å²) >= 11 is 1.51. The first kappa shape index (κ1) is 46.4. The van der Waals surface area contributed by atoms with Crippen LogP contribution in [0.1, 0.15) is 89.3 Å². The number of methoxy groups -OCH3 is 1. The average Bonchev–Trinajstić information content (AvgIpc) is 4.08. The number of ether oxygens (including phenoxy) is 4. The molecule has 4 aromatic rings. The number of nitrogens with zero attached hydrogens (tertiary/aromatic N) is 3. The quantitative estimate of drug-likeness (QED) is 0.128. The van der Waals surface area contributed by atoms with Crippen LogP contribution in [0.3, 0.4) is 0 Å². The molecule has 4 bridgehead atoms. The Morgan fingerprint density at radius 3 is 2.55 bits per heavy atom. The van der Waals surface area contributed by atoms with Crippen LogP contribution in [-0.2, 0) is 42.2 Å². The first-order valence-corrected chi connectivity index (χ1v) is 25.6. The molecule has 16 nitrogen and oxygen atoms in total. The summed E-state index contributed by atoms with van der Waals surface area (Å²) in [7, 11) is -2.33. The number of rotatable bonds is 12. The number of sulfonamides is 1. The third-order valence-electron chi connectivity index (χ3n) is 13.8. The molecule has 0 spiro atoms. The SMILES string of the molecule is C=C[C@@H]1C[C@]1(NC(=O)[C@@H]1C[C@@H]2CN1C(=O)[C@H](C1CCCC1)NC(=O)OCC(C)(C)CCCc1cc3c(cc(OCc4csc(-c5ccccc5)n4)nc3cc1OC)O2)C(=O)NS(=O)(=O)C1CC1. The largest absolute Gasteiger partial charge is 0.496 e. The van der Waals surface area contributed by atoms with Crippen LogP contribution in [0.15, 0.2) is 66.6 Å². The van der Waals surface area contributed by atoms with Gasteiger partial charge in [0, 0.05) is 40.8 Å². The van der Waals surface area contributed by atoms with E-state index < -0.39 is 74.1 Å². The highest BCUT2D eigenvalue weighted by Gasteiger charge is 2.62. The number of aryl methyl sites for hydroxylation is 1. The van der Waals surface area contributed by atoms with Crippen molar-refractivity contribution in [1.29, 1.82) is 0 Å². The Morgan fingerprint density at radius 1 is 1.06 bits per heavy atom. The molecule has 5 atom stereocenters. The number of amides is 4. The highest BCUT2D eigenvalue weighted by molar-refractivity contribution is 7.91. The maximum Gasteiger partial charge on any atom is 0.407 e. The van der Waals surface area contributed by atoms with E-state index in [1.807, 2.05) is 61.7 Å². The summed E-state index contributed by atoms with van der Waals surface area (Å²) < 4.78 is 53.0. The summed E-state index contributed by atoms with van der Waals surface area (Å²) in [5.74, 6) is -1.42. The number of hydrogen-bond donors (Lipinski definition) is 3. The topological polar surface area (TPSA) is 204 Å². The smallest absolute Gasteiger partial charge is 0.407 e. The Morgan fingerprint density at radius 2 is 1.84 bits per heavy atom. The van der Waals surface area contributed by atoms with Gasteiger partial charge in [0.25, 0.3) is 5.91 Å². The summed E-state index contributed by atoms with van der Waals surface area (Å²) in [5.41, 5.74) is 1.19. The van der Waals surface area contributed by atoms with Crippen molar-refractivity contribution >= 4 is 56.1 Å². The van der Waals surface area contributed by atoms with Crippen molar-refractivity contribution in [3.05, 3.63) is 77.8 Å².